The summed E-state index contributed by atoms with van der Waals surface area (Å²) >= 11 is 0. The summed E-state index contributed by atoms with van der Waals surface area (Å²) in [4.78, 5) is 8.90. The van der Waals surface area contributed by atoms with E-state index in [1.54, 1.807) is 28.8 Å². The molecule has 0 bridgehead atoms. The van der Waals surface area contributed by atoms with E-state index in [1.165, 1.54) is 0 Å². The number of nitrogens with zero attached hydrogens (tertiary/aromatic N) is 3. The number of allylic oxidation sites excluding steroid dienone is 1. The third-order valence-electron chi connectivity index (χ3n) is 6.10. The highest BCUT2D eigenvalue weighted by Gasteiger charge is 2.36. The van der Waals surface area contributed by atoms with Gasteiger partial charge in [0.05, 0.1) is 18.7 Å². The van der Waals surface area contributed by atoms with Crippen LogP contribution in [0.5, 0.6) is 0 Å². The van der Waals surface area contributed by atoms with Crippen LogP contribution in [0.3, 0.4) is 0 Å². The molecule has 7 heteroatoms. The van der Waals surface area contributed by atoms with E-state index in [0.29, 0.717) is 31.7 Å². The van der Waals surface area contributed by atoms with Gasteiger partial charge < -0.3 is 4.74 Å². The molecule has 2 aliphatic heterocycles. The van der Waals surface area contributed by atoms with Gasteiger partial charge in [0.1, 0.15) is 4.90 Å². The Morgan fingerprint density at radius 2 is 1.88 bits per heavy atom. The molecule has 0 amide bonds. The largest absolute Gasteiger partial charge is 0.375 e. The molecule has 0 saturated carbocycles. The maximum atomic E-state index is 14.1. The maximum absolute atomic E-state index is 14.1. The number of ether oxygens (including phenoxy) is 1. The molecule has 3 heterocycles. The summed E-state index contributed by atoms with van der Waals surface area (Å²) in [6.45, 7) is 1.12. The van der Waals surface area contributed by atoms with Crippen LogP contribution in [0.2, 0.25) is 0 Å². The van der Waals surface area contributed by atoms with Crippen LogP contribution in [0.1, 0.15) is 24.0 Å². The van der Waals surface area contributed by atoms with Gasteiger partial charge in [-0.05, 0) is 42.0 Å². The Hall–Kier alpha value is -2.87. The number of benzene rings is 2. The minimum Gasteiger partial charge on any atom is -0.375 e. The van der Waals surface area contributed by atoms with Crippen molar-refractivity contribution in [3.05, 3.63) is 84.2 Å². The number of rotatable bonds is 4. The SMILES string of the molecule is O=S(=O)(c1cccc2cccnc12)N1Cc2ccccc2COC[C@H]1CC1C=NC=CC1. The van der Waals surface area contributed by atoms with Crippen molar-refractivity contribution < 1.29 is 13.2 Å². The summed E-state index contributed by atoms with van der Waals surface area (Å²) in [6.07, 6.45) is 8.86. The molecular formula is C25H25N3O3S. The van der Waals surface area contributed by atoms with Crippen molar-refractivity contribution in [3.8, 4) is 0 Å². The van der Waals surface area contributed by atoms with E-state index in [1.807, 2.05) is 54.8 Å². The summed E-state index contributed by atoms with van der Waals surface area (Å²) in [6, 6.07) is 16.6. The molecule has 1 aromatic heterocycles. The van der Waals surface area contributed by atoms with E-state index >= 15 is 0 Å². The van der Waals surface area contributed by atoms with Gasteiger partial charge >= 0.3 is 0 Å². The number of aromatic nitrogens is 1. The first-order chi connectivity index (χ1) is 15.6. The fourth-order valence-electron chi connectivity index (χ4n) is 4.45. The Labute approximate surface area is 188 Å². The van der Waals surface area contributed by atoms with Crippen LogP contribution in [-0.2, 0) is 27.9 Å². The van der Waals surface area contributed by atoms with Gasteiger partial charge in [-0.3, -0.25) is 9.98 Å². The number of fused-ring (bicyclic) bond motifs is 2. The van der Waals surface area contributed by atoms with Crippen LogP contribution >= 0.6 is 0 Å². The molecule has 0 saturated heterocycles. The highest BCUT2D eigenvalue weighted by atomic mass is 32.2. The fraction of sp³-hybridized carbons (Fsp3) is 0.280. The third-order valence-corrected chi connectivity index (χ3v) is 8.03. The lowest BCUT2D eigenvalue weighted by Gasteiger charge is -2.35. The number of sulfonamides is 1. The van der Waals surface area contributed by atoms with E-state index < -0.39 is 10.0 Å². The molecule has 2 aromatic carbocycles. The van der Waals surface area contributed by atoms with E-state index in [-0.39, 0.29) is 16.9 Å². The monoisotopic (exact) mass is 447 g/mol. The topological polar surface area (TPSA) is 71.9 Å². The second-order valence-corrected chi connectivity index (χ2v) is 10.1. The molecule has 6 nitrogen and oxygen atoms in total. The zero-order valence-corrected chi connectivity index (χ0v) is 18.5. The van der Waals surface area contributed by atoms with Gasteiger partial charge in [-0.15, -0.1) is 0 Å². The number of pyridine rings is 1. The summed E-state index contributed by atoms with van der Waals surface area (Å²) in [5, 5.41) is 0.804. The van der Waals surface area contributed by atoms with E-state index in [4.69, 9.17) is 4.74 Å². The van der Waals surface area contributed by atoms with Gasteiger partial charge in [0.25, 0.3) is 0 Å². The van der Waals surface area contributed by atoms with Gasteiger partial charge in [0.2, 0.25) is 10.0 Å². The highest BCUT2D eigenvalue weighted by Crippen LogP contribution is 2.31. The lowest BCUT2D eigenvalue weighted by atomic mass is 9.96. The van der Waals surface area contributed by atoms with Gasteiger partial charge in [-0.1, -0.05) is 48.5 Å². The lowest BCUT2D eigenvalue weighted by molar-refractivity contribution is 0.0615. The average molecular weight is 448 g/mol. The van der Waals surface area contributed by atoms with Gasteiger partial charge in [0, 0.05) is 36.6 Å². The molecule has 5 rings (SSSR count). The maximum Gasteiger partial charge on any atom is 0.245 e. The van der Waals surface area contributed by atoms with E-state index in [2.05, 4.69) is 9.98 Å². The highest BCUT2D eigenvalue weighted by molar-refractivity contribution is 7.89. The molecule has 0 spiro atoms. The molecule has 164 valence electrons. The molecule has 32 heavy (non-hydrogen) atoms. The van der Waals surface area contributed by atoms with Gasteiger partial charge in [-0.2, -0.15) is 4.31 Å². The van der Waals surface area contributed by atoms with Crippen molar-refractivity contribution >= 4 is 27.1 Å². The summed E-state index contributed by atoms with van der Waals surface area (Å²) in [5.74, 6) is 0.173. The molecule has 0 N–H and O–H groups in total. The fourth-order valence-corrected chi connectivity index (χ4v) is 6.22. The van der Waals surface area contributed by atoms with Crippen LogP contribution in [-0.4, -0.2) is 36.6 Å². The van der Waals surface area contributed by atoms with Crippen molar-refractivity contribution in [2.24, 2.45) is 10.9 Å². The van der Waals surface area contributed by atoms with Crippen molar-refractivity contribution in [1.29, 1.82) is 0 Å². The number of hydrogen-bond acceptors (Lipinski definition) is 5. The first-order valence-corrected chi connectivity index (χ1v) is 12.3. The van der Waals surface area contributed by atoms with Crippen LogP contribution in [0, 0.1) is 5.92 Å². The smallest absolute Gasteiger partial charge is 0.245 e. The van der Waals surface area contributed by atoms with Gasteiger partial charge in [-0.25, -0.2) is 8.42 Å². The Morgan fingerprint density at radius 1 is 1.03 bits per heavy atom. The minimum absolute atomic E-state index is 0.173. The van der Waals surface area contributed by atoms with Crippen molar-refractivity contribution in [2.45, 2.75) is 36.9 Å². The van der Waals surface area contributed by atoms with Crippen LogP contribution < -0.4 is 0 Å². The Morgan fingerprint density at radius 3 is 2.72 bits per heavy atom. The zero-order chi connectivity index (χ0) is 22.0. The normalized spacial score (nSPS) is 21.8. The number of hydrogen-bond donors (Lipinski definition) is 0. The molecular weight excluding hydrogens is 422 g/mol. The summed E-state index contributed by atoms with van der Waals surface area (Å²) in [5.41, 5.74) is 2.47. The number of para-hydroxylation sites is 1. The minimum atomic E-state index is -3.84. The summed E-state index contributed by atoms with van der Waals surface area (Å²) in [7, 11) is -3.84. The first-order valence-electron chi connectivity index (χ1n) is 10.8. The Bertz CT molecular complexity index is 1280. The van der Waals surface area contributed by atoms with E-state index in [0.717, 1.165) is 22.9 Å². The average Bonchev–Trinajstić information content (AvgIpc) is 2.81. The quantitative estimate of drug-likeness (QED) is 0.597. The molecule has 2 aliphatic rings. The van der Waals surface area contributed by atoms with Crippen molar-refractivity contribution in [1.82, 2.24) is 9.29 Å². The Balaban J connectivity index is 1.59. The molecule has 1 unspecified atom stereocenters. The second kappa shape index (κ2) is 8.94. The second-order valence-electron chi connectivity index (χ2n) is 8.23. The van der Waals surface area contributed by atoms with Crippen molar-refractivity contribution in [2.75, 3.05) is 6.61 Å². The summed E-state index contributed by atoms with van der Waals surface area (Å²) < 4.78 is 35.9. The predicted molar refractivity (Wildman–Crippen MR) is 125 cm³/mol. The zero-order valence-electron chi connectivity index (χ0n) is 17.7. The molecule has 0 aliphatic carbocycles. The molecule has 0 radical (unpaired) electrons. The van der Waals surface area contributed by atoms with E-state index in [9.17, 15) is 8.42 Å². The van der Waals surface area contributed by atoms with Gasteiger partial charge in [0.15, 0.2) is 0 Å². The van der Waals surface area contributed by atoms with Crippen LogP contribution in [0.15, 0.2) is 83.0 Å². The Kier molecular flexibility index (Phi) is 5.87. The standard InChI is InChI=1S/C25H25N3O3S/c29-32(30,24-11-3-9-20-10-5-13-27-25(20)24)28-16-21-7-1-2-8-22(21)17-31-18-23(28)14-19-6-4-12-26-15-19/h1-5,7-13,15,19,23H,6,14,16-18H2/t19?,23-/m1/s1. The molecule has 3 aromatic rings. The third kappa shape index (κ3) is 4.11. The molecule has 2 atom stereocenters. The molecule has 0 fully saturated rings. The van der Waals surface area contributed by atoms with Crippen LogP contribution in [0.25, 0.3) is 10.9 Å². The predicted octanol–water partition coefficient (Wildman–Crippen LogP) is 4.32. The van der Waals surface area contributed by atoms with Crippen LogP contribution in [0.4, 0.5) is 0 Å². The lowest BCUT2D eigenvalue weighted by Crippen LogP contribution is -2.45. The number of aliphatic imine (C=N–C) groups is 1. The first kappa shape index (κ1) is 21.0. The van der Waals surface area contributed by atoms with Crippen molar-refractivity contribution in [3.63, 3.8) is 0 Å².